The topological polar surface area (TPSA) is 295 Å². The second kappa shape index (κ2) is 27.4. The number of amides is 3. The minimum Gasteiger partial charge on any atom is -0.474 e. The molecule has 5 aliphatic heterocycles. The van der Waals surface area contributed by atoms with Crippen LogP contribution in [0.3, 0.4) is 0 Å². The Hall–Kier alpha value is -6.88. The van der Waals surface area contributed by atoms with E-state index in [2.05, 4.69) is 40.7 Å². The largest absolute Gasteiger partial charge is 0.534 e. The lowest BCUT2D eigenvalue weighted by atomic mass is 9.92. The standard InChI is InChI=1S/C26H33FN4O6S.C19H23FN4O4S.C11H15NO5/c1-16-24(30-23-9-8-21(12-22(23)27)38(2,33)34)28-15-29-25(16)36-20-10-17-13-35-14-18(11-20)31(17)26(32)37-19-6-4-3-5-7-19;1-11-18(24-17-4-3-15(7-16(17)20)29(2,25)26)21-10-22-19(11)28-14-5-12-8-27-9-13(6-14)23-12;13-9-6-7-10(14)12(9)17-11(15)16-8-4-2-1-3-5-8/h8-9,12,15,17-20H,3-7,10-11,13-14H2,1-2H3,(H,28,29,30);3-4,7,10,12-14,23H,5-6,8-9H2,1-2H3,(H,21,22,24);8H,1-7H2/t17-,18?,20?;12-,13?,14?;/m11./s1. The Balaban J connectivity index is 0.000000162. The summed E-state index contributed by atoms with van der Waals surface area (Å²) in [6.45, 7) is 5.76. The number of halogens is 2. The van der Waals surface area contributed by atoms with E-state index in [0.717, 1.165) is 95.3 Å². The van der Waals surface area contributed by atoms with Gasteiger partial charge in [0, 0.05) is 63.1 Å². The first-order valence-corrected chi connectivity index (χ1v) is 32.1. The van der Waals surface area contributed by atoms with Gasteiger partial charge in [-0.2, -0.15) is 0 Å². The van der Waals surface area contributed by atoms with E-state index >= 15 is 0 Å². The molecule has 2 aromatic carbocycles. The summed E-state index contributed by atoms with van der Waals surface area (Å²) >= 11 is 0. The second-order valence-electron chi connectivity index (χ2n) is 22.1. The number of piperidine rings is 2. The summed E-state index contributed by atoms with van der Waals surface area (Å²) in [5.74, 6) is -0.824. The van der Waals surface area contributed by atoms with E-state index in [0.29, 0.717) is 78.9 Å². The van der Waals surface area contributed by atoms with Crippen LogP contribution in [-0.4, -0.2) is 158 Å². The first-order chi connectivity index (χ1) is 40.1. The highest BCUT2D eigenvalue weighted by atomic mass is 32.2. The zero-order valence-corrected chi connectivity index (χ0v) is 48.9. The number of hydrogen-bond donors (Lipinski definition) is 3. The molecule has 2 saturated carbocycles. The molecular weight excluding hydrogens is 1140 g/mol. The van der Waals surface area contributed by atoms with Gasteiger partial charge < -0.3 is 44.4 Å². The van der Waals surface area contributed by atoms with Crippen molar-refractivity contribution in [1.82, 2.24) is 35.2 Å². The Morgan fingerprint density at radius 1 is 0.607 bits per heavy atom. The van der Waals surface area contributed by atoms with Crippen LogP contribution in [-0.2, 0) is 53.0 Å². The molecule has 3 N–H and O–H groups in total. The van der Waals surface area contributed by atoms with E-state index in [9.17, 15) is 44.8 Å². The third-order valence-electron chi connectivity index (χ3n) is 15.6. The Morgan fingerprint density at radius 2 is 1.05 bits per heavy atom. The van der Waals surface area contributed by atoms with Crippen molar-refractivity contribution in [2.75, 3.05) is 49.6 Å². The lowest BCUT2D eigenvalue weighted by molar-refractivity contribution is -0.179. The fraction of sp³-hybridized carbons (Fsp3) is 0.571. The number of nitrogens with zero attached hydrogens (tertiary/aromatic N) is 6. The number of hydroxylamine groups is 2. The maximum absolute atomic E-state index is 14.6. The number of morpholine rings is 2. The number of nitrogens with one attached hydrogen (secondary N) is 3. The number of imide groups is 1. The van der Waals surface area contributed by atoms with Gasteiger partial charge in [0.05, 0.1) is 70.8 Å². The Labute approximate surface area is 486 Å². The van der Waals surface area contributed by atoms with Crippen LogP contribution in [0.2, 0.25) is 0 Å². The number of carbonyl (C=O) groups excluding carboxylic acids is 4. The van der Waals surface area contributed by atoms with Gasteiger partial charge in [-0.1, -0.05) is 17.9 Å². The molecular formula is C56H71F2N9O15S2. The zero-order valence-electron chi connectivity index (χ0n) is 47.3. The van der Waals surface area contributed by atoms with Crippen LogP contribution in [0.15, 0.2) is 58.8 Å². The van der Waals surface area contributed by atoms with Crippen LogP contribution in [0.1, 0.15) is 114 Å². The minimum atomic E-state index is -3.52. The van der Waals surface area contributed by atoms with Crippen molar-refractivity contribution in [3.05, 3.63) is 71.8 Å². The van der Waals surface area contributed by atoms with Gasteiger partial charge in [-0.25, -0.2) is 55.1 Å². The predicted octanol–water partition coefficient (Wildman–Crippen LogP) is 7.66. The normalized spacial score (nSPS) is 23.6. The van der Waals surface area contributed by atoms with Gasteiger partial charge in [0.1, 0.15) is 60.3 Å². The molecule has 28 heteroatoms. The van der Waals surface area contributed by atoms with Crippen molar-refractivity contribution in [1.29, 1.82) is 0 Å². The highest BCUT2D eigenvalue weighted by Crippen LogP contribution is 2.35. The van der Waals surface area contributed by atoms with E-state index < -0.39 is 49.3 Å². The van der Waals surface area contributed by atoms with Crippen molar-refractivity contribution in [3.63, 3.8) is 0 Å². The van der Waals surface area contributed by atoms with E-state index in [1.54, 1.807) is 13.8 Å². The lowest BCUT2D eigenvalue weighted by Crippen LogP contribution is -2.61. The quantitative estimate of drug-likeness (QED) is 0.0855. The predicted molar refractivity (Wildman–Crippen MR) is 297 cm³/mol. The first-order valence-electron chi connectivity index (χ1n) is 28.3. The fourth-order valence-corrected chi connectivity index (χ4v) is 12.5. The van der Waals surface area contributed by atoms with E-state index in [1.807, 2.05) is 4.90 Å². The molecule has 5 saturated heterocycles. The molecule has 2 aromatic heterocycles. The average Bonchev–Trinajstić information content (AvgIpc) is 2.54. The summed E-state index contributed by atoms with van der Waals surface area (Å²) in [5.41, 5.74) is 1.44. The van der Waals surface area contributed by atoms with Crippen LogP contribution in [0.4, 0.5) is 41.4 Å². The lowest BCUT2D eigenvalue weighted by Gasteiger charge is -2.47. The fourth-order valence-electron chi connectivity index (χ4n) is 11.2. The summed E-state index contributed by atoms with van der Waals surface area (Å²) < 4.78 is 110. The van der Waals surface area contributed by atoms with E-state index in [4.69, 9.17) is 28.4 Å². The molecule has 24 nitrogen and oxygen atoms in total. The van der Waals surface area contributed by atoms with Crippen LogP contribution in [0, 0.1) is 25.5 Å². The molecule has 7 fully saturated rings. The number of anilines is 4. The van der Waals surface area contributed by atoms with Gasteiger partial charge in [-0.15, -0.1) is 0 Å². The summed E-state index contributed by atoms with van der Waals surface area (Å²) in [6, 6.07) is 7.63. The molecule has 4 bridgehead atoms. The highest BCUT2D eigenvalue weighted by molar-refractivity contribution is 7.91. The van der Waals surface area contributed by atoms with Gasteiger partial charge in [0.2, 0.25) is 11.8 Å². The van der Waals surface area contributed by atoms with Crippen LogP contribution in [0.25, 0.3) is 0 Å². The minimum absolute atomic E-state index is 0.00567. The highest BCUT2D eigenvalue weighted by Gasteiger charge is 2.44. The number of aromatic nitrogens is 4. The molecule has 7 heterocycles. The van der Waals surface area contributed by atoms with Crippen molar-refractivity contribution in [2.24, 2.45) is 0 Å². The molecule has 84 heavy (non-hydrogen) atoms. The summed E-state index contributed by atoms with van der Waals surface area (Å²) in [6.07, 6.45) is 16.2. The number of benzene rings is 2. The number of rotatable bonds is 13. The molecule has 4 unspecified atom stereocenters. The molecule has 456 valence electrons. The number of fused-ring (bicyclic) bond motifs is 4. The third-order valence-corrected chi connectivity index (χ3v) is 17.8. The number of sulfone groups is 2. The molecule has 3 amide bonds. The van der Waals surface area contributed by atoms with Crippen molar-refractivity contribution in [2.45, 2.75) is 175 Å². The Bertz CT molecular complexity index is 3220. The smallest absolute Gasteiger partial charge is 0.474 e. The van der Waals surface area contributed by atoms with Crippen molar-refractivity contribution in [3.8, 4) is 11.8 Å². The first kappa shape index (κ1) is 61.7. The third kappa shape index (κ3) is 16.1. The van der Waals surface area contributed by atoms with Gasteiger partial charge in [-0.3, -0.25) is 19.3 Å². The maximum atomic E-state index is 14.6. The Morgan fingerprint density at radius 3 is 1.50 bits per heavy atom. The number of ether oxygens (including phenoxy) is 6. The summed E-state index contributed by atoms with van der Waals surface area (Å²) in [5, 5.41) is 9.83. The molecule has 0 spiro atoms. The van der Waals surface area contributed by atoms with E-state index in [1.165, 1.54) is 43.3 Å². The summed E-state index contributed by atoms with van der Waals surface area (Å²) in [7, 11) is -7.00. The number of hydrogen-bond acceptors (Lipinski definition) is 22. The number of carbonyl (C=O) groups is 4. The van der Waals surface area contributed by atoms with Gasteiger partial charge in [-0.05, 0) is 102 Å². The zero-order chi connectivity index (χ0) is 59.7. The molecule has 11 rings (SSSR count). The molecule has 6 atom stereocenters. The SMILES string of the molecule is Cc1c(Nc2ccc(S(C)(=O)=O)cc2F)ncnc1OC1CC2COC[C@@H](C1)N2.Cc1c(Nc2ccc(S(C)(=O)=O)cc2F)ncnc1OC1CC2COC[C@@H](C1)N2C(=O)OC1CCCCC1.O=C(OC1CCCCC1)ON1C(=O)CCC1=O. The molecule has 0 radical (unpaired) electrons. The molecule has 4 aromatic rings. The van der Waals surface area contributed by atoms with Gasteiger partial charge >= 0.3 is 12.2 Å². The van der Waals surface area contributed by atoms with Crippen molar-refractivity contribution >= 4 is 66.7 Å². The summed E-state index contributed by atoms with van der Waals surface area (Å²) in [4.78, 5) is 69.9. The second-order valence-corrected chi connectivity index (χ2v) is 26.1. The maximum Gasteiger partial charge on any atom is 0.534 e. The van der Waals surface area contributed by atoms with Crippen molar-refractivity contribution < 1.29 is 78.1 Å². The molecule has 2 aliphatic carbocycles. The Kier molecular flexibility index (Phi) is 20.1. The van der Waals surface area contributed by atoms with Gasteiger partial charge in [0.25, 0.3) is 11.8 Å². The monoisotopic (exact) mass is 1210 g/mol. The van der Waals surface area contributed by atoms with Crippen LogP contribution >= 0.6 is 0 Å². The van der Waals surface area contributed by atoms with Crippen LogP contribution < -0.4 is 25.4 Å². The van der Waals surface area contributed by atoms with Crippen LogP contribution in [0.5, 0.6) is 11.8 Å². The van der Waals surface area contributed by atoms with E-state index in [-0.39, 0.29) is 88.7 Å². The van der Waals surface area contributed by atoms with Gasteiger partial charge in [0.15, 0.2) is 19.7 Å². The average molecular weight is 1210 g/mol. The molecule has 7 aliphatic rings.